The molecule has 0 fully saturated rings. The topological polar surface area (TPSA) is 75.3 Å². The van der Waals surface area contributed by atoms with Crippen LogP contribution in [0.1, 0.15) is 12.8 Å². The van der Waals surface area contributed by atoms with Gasteiger partial charge in [-0.25, -0.2) is 0 Å². The molecule has 0 unspecified atom stereocenters. The van der Waals surface area contributed by atoms with E-state index in [4.69, 9.17) is 10.8 Å². The fourth-order valence-electron chi connectivity index (χ4n) is 0.622. The van der Waals surface area contributed by atoms with Gasteiger partial charge in [0.2, 0.25) is 0 Å². The summed E-state index contributed by atoms with van der Waals surface area (Å²) in [4.78, 5) is 10.1. The van der Waals surface area contributed by atoms with Gasteiger partial charge < -0.3 is 16.2 Å². The summed E-state index contributed by atoms with van der Waals surface area (Å²) >= 11 is 0. The lowest BCUT2D eigenvalue weighted by atomic mass is 10.2. The fraction of sp³-hybridized carbons (Fsp3) is 0.833. The van der Waals surface area contributed by atoms with Crippen LogP contribution in [0, 0.1) is 0 Å². The standard InChI is InChI=1S/C6H14N2O2.ClH/c1-8-4-2-3-5(7)6(9)10;/h5,8H,2-4,7H2,1H3,(H,9,10);1H/t5-;/m0./s1. The summed E-state index contributed by atoms with van der Waals surface area (Å²) in [6.07, 6.45) is 1.35. The largest absolute Gasteiger partial charge is 0.480 e. The van der Waals surface area contributed by atoms with Gasteiger partial charge in [0.05, 0.1) is 0 Å². The highest BCUT2D eigenvalue weighted by molar-refractivity contribution is 5.85. The van der Waals surface area contributed by atoms with Crippen LogP contribution >= 0.6 is 12.4 Å². The zero-order valence-electron chi connectivity index (χ0n) is 6.54. The van der Waals surface area contributed by atoms with Gasteiger partial charge in [0.1, 0.15) is 6.04 Å². The van der Waals surface area contributed by atoms with Gasteiger partial charge in [-0.05, 0) is 26.4 Å². The van der Waals surface area contributed by atoms with Gasteiger partial charge in [0.25, 0.3) is 0 Å². The lowest BCUT2D eigenvalue weighted by Gasteiger charge is -2.04. The molecule has 0 saturated heterocycles. The van der Waals surface area contributed by atoms with Gasteiger partial charge in [-0.15, -0.1) is 12.4 Å². The lowest BCUT2D eigenvalue weighted by Crippen LogP contribution is -2.30. The normalized spacial score (nSPS) is 11.8. The zero-order valence-corrected chi connectivity index (χ0v) is 7.36. The molecule has 0 aliphatic carbocycles. The van der Waals surface area contributed by atoms with Crippen LogP contribution in [0.5, 0.6) is 0 Å². The van der Waals surface area contributed by atoms with Crippen LogP contribution in [0.2, 0.25) is 0 Å². The second-order valence-electron chi connectivity index (χ2n) is 2.19. The van der Waals surface area contributed by atoms with E-state index in [1.807, 2.05) is 7.05 Å². The van der Waals surface area contributed by atoms with Gasteiger partial charge in [-0.1, -0.05) is 0 Å². The van der Waals surface area contributed by atoms with E-state index >= 15 is 0 Å². The monoisotopic (exact) mass is 182 g/mol. The fourth-order valence-corrected chi connectivity index (χ4v) is 0.622. The highest BCUT2D eigenvalue weighted by Gasteiger charge is 2.09. The Morgan fingerprint density at radius 2 is 2.27 bits per heavy atom. The maximum atomic E-state index is 10.1. The third-order valence-electron chi connectivity index (χ3n) is 1.26. The molecule has 0 aromatic rings. The molecule has 4 N–H and O–H groups in total. The maximum absolute atomic E-state index is 10.1. The van der Waals surface area contributed by atoms with E-state index in [1.165, 1.54) is 0 Å². The minimum atomic E-state index is -0.920. The summed E-state index contributed by atoms with van der Waals surface area (Å²) in [5.74, 6) is -0.920. The Morgan fingerprint density at radius 3 is 2.64 bits per heavy atom. The maximum Gasteiger partial charge on any atom is 0.320 e. The molecule has 0 aromatic carbocycles. The number of hydrogen-bond donors (Lipinski definition) is 3. The summed E-state index contributed by atoms with van der Waals surface area (Å²) in [6, 6.07) is -0.701. The highest BCUT2D eigenvalue weighted by Crippen LogP contribution is 1.92. The number of aliphatic carboxylic acids is 1. The number of carbonyl (C=O) groups is 1. The number of hydrogen-bond acceptors (Lipinski definition) is 3. The van der Waals surface area contributed by atoms with Gasteiger partial charge >= 0.3 is 5.97 Å². The first kappa shape index (κ1) is 13.3. The SMILES string of the molecule is CNCCC[C@H](N)C(=O)O.Cl. The molecule has 0 aliphatic heterocycles. The molecule has 0 saturated carbocycles. The first-order valence-corrected chi connectivity index (χ1v) is 3.31. The summed E-state index contributed by atoms with van der Waals surface area (Å²) < 4.78 is 0. The number of rotatable bonds is 5. The molecule has 1 atom stereocenters. The molecular formula is C6H15ClN2O2. The average Bonchev–Trinajstić information content (AvgIpc) is 1.88. The Balaban J connectivity index is 0. The quantitative estimate of drug-likeness (QED) is 0.516. The molecule has 0 radical (unpaired) electrons. The van der Waals surface area contributed by atoms with Crippen molar-refractivity contribution in [2.45, 2.75) is 18.9 Å². The molecule has 0 aliphatic rings. The van der Waals surface area contributed by atoms with Crippen molar-refractivity contribution < 1.29 is 9.90 Å². The predicted molar refractivity (Wildman–Crippen MR) is 46.0 cm³/mol. The molecule has 0 aromatic heterocycles. The first-order valence-electron chi connectivity index (χ1n) is 3.31. The Bertz CT molecular complexity index is 111. The molecular weight excluding hydrogens is 168 g/mol. The molecule has 0 rings (SSSR count). The number of nitrogens with two attached hydrogens (primary N) is 1. The van der Waals surface area contributed by atoms with Crippen LogP contribution in [0.25, 0.3) is 0 Å². The van der Waals surface area contributed by atoms with E-state index in [0.29, 0.717) is 6.42 Å². The Labute approximate surface area is 72.6 Å². The summed E-state index contributed by atoms with van der Waals surface area (Å²) in [6.45, 7) is 0.820. The predicted octanol–water partition coefficient (Wildman–Crippen LogP) is -0.180. The third-order valence-corrected chi connectivity index (χ3v) is 1.26. The lowest BCUT2D eigenvalue weighted by molar-refractivity contribution is -0.138. The highest BCUT2D eigenvalue weighted by atomic mass is 35.5. The van der Waals surface area contributed by atoms with Crippen molar-refractivity contribution in [3.63, 3.8) is 0 Å². The molecule has 4 nitrogen and oxygen atoms in total. The van der Waals surface area contributed by atoms with Crippen molar-refractivity contribution in [3.8, 4) is 0 Å². The van der Waals surface area contributed by atoms with Crippen LogP contribution in [0.3, 0.4) is 0 Å². The van der Waals surface area contributed by atoms with Crippen LogP contribution in [-0.4, -0.2) is 30.7 Å². The van der Waals surface area contributed by atoms with Crippen molar-refractivity contribution >= 4 is 18.4 Å². The van der Waals surface area contributed by atoms with Crippen molar-refractivity contribution in [1.82, 2.24) is 5.32 Å². The van der Waals surface area contributed by atoms with Crippen molar-refractivity contribution in [2.24, 2.45) is 5.73 Å². The second kappa shape index (κ2) is 7.78. The van der Waals surface area contributed by atoms with E-state index in [0.717, 1.165) is 13.0 Å². The Hall–Kier alpha value is -0.320. The van der Waals surface area contributed by atoms with Gasteiger partial charge in [0, 0.05) is 0 Å². The smallest absolute Gasteiger partial charge is 0.320 e. The van der Waals surface area contributed by atoms with Crippen LogP contribution in [0.4, 0.5) is 0 Å². The number of carboxylic acid groups (broad SMARTS) is 1. The minimum Gasteiger partial charge on any atom is -0.480 e. The number of halogens is 1. The second-order valence-corrected chi connectivity index (χ2v) is 2.19. The van der Waals surface area contributed by atoms with Crippen molar-refractivity contribution in [3.05, 3.63) is 0 Å². The number of nitrogens with one attached hydrogen (secondary N) is 1. The molecule has 0 bridgehead atoms. The van der Waals surface area contributed by atoms with Crippen molar-refractivity contribution in [1.29, 1.82) is 0 Å². The first-order chi connectivity index (χ1) is 4.68. The third kappa shape index (κ3) is 7.58. The van der Waals surface area contributed by atoms with Crippen molar-refractivity contribution in [2.75, 3.05) is 13.6 Å². The van der Waals surface area contributed by atoms with E-state index in [9.17, 15) is 4.79 Å². The zero-order chi connectivity index (χ0) is 7.98. The van der Waals surface area contributed by atoms with Crippen LogP contribution in [-0.2, 0) is 4.79 Å². The van der Waals surface area contributed by atoms with Gasteiger partial charge in [-0.3, -0.25) is 4.79 Å². The van der Waals surface area contributed by atoms with Gasteiger partial charge in [-0.2, -0.15) is 0 Å². The number of carboxylic acids is 1. The Kier molecular flexibility index (Phi) is 9.40. The average molecular weight is 183 g/mol. The van der Waals surface area contributed by atoms with E-state index in [2.05, 4.69) is 5.32 Å². The summed E-state index contributed by atoms with van der Waals surface area (Å²) in [5, 5.41) is 11.2. The molecule has 0 heterocycles. The van der Waals surface area contributed by atoms with Gasteiger partial charge in [0.15, 0.2) is 0 Å². The van der Waals surface area contributed by atoms with Crippen LogP contribution < -0.4 is 11.1 Å². The molecule has 0 amide bonds. The Morgan fingerprint density at radius 1 is 1.73 bits per heavy atom. The molecule has 5 heteroatoms. The molecule has 68 valence electrons. The van der Waals surface area contributed by atoms with E-state index < -0.39 is 12.0 Å². The van der Waals surface area contributed by atoms with E-state index in [-0.39, 0.29) is 12.4 Å². The minimum absolute atomic E-state index is 0. The van der Waals surface area contributed by atoms with Crippen LogP contribution in [0.15, 0.2) is 0 Å². The molecule has 0 spiro atoms. The molecule has 11 heavy (non-hydrogen) atoms. The summed E-state index contributed by atoms with van der Waals surface area (Å²) in [5.41, 5.74) is 5.23. The summed E-state index contributed by atoms with van der Waals surface area (Å²) in [7, 11) is 1.83. The van der Waals surface area contributed by atoms with E-state index in [1.54, 1.807) is 0 Å².